The molecule has 29 heavy (non-hydrogen) atoms. The van der Waals surface area contributed by atoms with Gasteiger partial charge in [0, 0.05) is 35.5 Å². The zero-order chi connectivity index (χ0) is 20.2. The molecular weight excluding hydrogens is 448 g/mol. The first-order valence-corrected chi connectivity index (χ1v) is 11.2. The van der Waals surface area contributed by atoms with Crippen molar-refractivity contribution in [3.63, 3.8) is 0 Å². The molecule has 2 aromatic carbocycles. The van der Waals surface area contributed by atoms with E-state index in [2.05, 4.69) is 40.0 Å². The minimum Gasteiger partial charge on any atom is -0.337 e. The summed E-state index contributed by atoms with van der Waals surface area (Å²) in [7, 11) is 0. The average molecular weight is 469 g/mol. The molecule has 0 spiro atoms. The van der Waals surface area contributed by atoms with E-state index in [4.69, 9.17) is 4.98 Å². The molecule has 5 nitrogen and oxygen atoms in total. The summed E-state index contributed by atoms with van der Waals surface area (Å²) in [6, 6.07) is 13.8. The topological polar surface area (TPSA) is 51.0 Å². The van der Waals surface area contributed by atoms with E-state index in [9.17, 15) is 4.79 Å². The molecule has 0 aliphatic rings. The second-order valence-electron chi connectivity index (χ2n) is 6.77. The Balaban J connectivity index is 1.63. The largest absolute Gasteiger partial charge is 0.337 e. The van der Waals surface area contributed by atoms with Gasteiger partial charge in [-0.05, 0) is 54.8 Å². The summed E-state index contributed by atoms with van der Waals surface area (Å²) in [5.41, 5.74) is 2.87. The number of hydrogen-bond donors (Lipinski definition) is 0. The van der Waals surface area contributed by atoms with Gasteiger partial charge in [-0.1, -0.05) is 40.3 Å². The number of benzene rings is 2. The van der Waals surface area contributed by atoms with Gasteiger partial charge in [0.2, 0.25) is 0 Å². The van der Waals surface area contributed by atoms with E-state index >= 15 is 0 Å². The molecule has 7 heteroatoms. The number of thiazole rings is 1. The van der Waals surface area contributed by atoms with E-state index in [-0.39, 0.29) is 5.91 Å². The monoisotopic (exact) mass is 468 g/mol. The Labute approximate surface area is 182 Å². The van der Waals surface area contributed by atoms with E-state index < -0.39 is 0 Å². The summed E-state index contributed by atoms with van der Waals surface area (Å²) < 4.78 is 4.09. The molecule has 0 aliphatic heterocycles. The van der Waals surface area contributed by atoms with Crippen molar-refractivity contribution in [2.45, 2.75) is 26.3 Å². The highest BCUT2D eigenvalue weighted by molar-refractivity contribution is 9.10. The lowest BCUT2D eigenvalue weighted by Crippen LogP contribution is -2.32. The number of hydrogen-bond acceptors (Lipinski definition) is 4. The molecule has 1 amide bonds. The van der Waals surface area contributed by atoms with Crippen molar-refractivity contribution >= 4 is 48.5 Å². The summed E-state index contributed by atoms with van der Waals surface area (Å²) in [6.45, 7) is 3.53. The van der Waals surface area contributed by atoms with E-state index in [0.29, 0.717) is 12.1 Å². The van der Waals surface area contributed by atoms with E-state index in [0.717, 1.165) is 39.2 Å². The van der Waals surface area contributed by atoms with Crippen LogP contribution >= 0.6 is 27.3 Å². The van der Waals surface area contributed by atoms with E-state index in [1.54, 1.807) is 28.8 Å². The molecule has 0 radical (unpaired) electrons. The highest BCUT2D eigenvalue weighted by Crippen LogP contribution is 2.31. The van der Waals surface area contributed by atoms with Crippen LogP contribution in [0.5, 0.6) is 0 Å². The molecule has 0 N–H and O–H groups in total. The fourth-order valence-corrected chi connectivity index (χ4v) is 4.47. The van der Waals surface area contributed by atoms with Crippen molar-refractivity contribution < 1.29 is 4.79 Å². The highest BCUT2D eigenvalue weighted by Gasteiger charge is 2.21. The first-order valence-electron chi connectivity index (χ1n) is 9.56. The predicted molar refractivity (Wildman–Crippen MR) is 122 cm³/mol. The molecule has 4 aromatic rings. The SMILES string of the molecule is CCc1ccc2nc(N(CCCn3ccnc3)C(=O)c3ccc(Br)cc3)sc2c1. The van der Waals surface area contributed by atoms with Gasteiger partial charge in [-0.25, -0.2) is 9.97 Å². The summed E-state index contributed by atoms with van der Waals surface area (Å²) in [6.07, 6.45) is 7.30. The number of carbonyl (C=O) groups excluding carboxylic acids is 1. The lowest BCUT2D eigenvalue weighted by Gasteiger charge is -2.20. The number of imidazole rings is 1. The third-order valence-electron chi connectivity index (χ3n) is 4.77. The molecule has 148 valence electrons. The zero-order valence-corrected chi connectivity index (χ0v) is 18.5. The normalized spacial score (nSPS) is 11.1. The molecule has 0 aliphatic carbocycles. The molecule has 2 heterocycles. The second-order valence-corrected chi connectivity index (χ2v) is 8.69. The van der Waals surface area contributed by atoms with Crippen LogP contribution in [0.4, 0.5) is 5.13 Å². The van der Waals surface area contributed by atoms with Crippen LogP contribution in [0.15, 0.2) is 65.7 Å². The third kappa shape index (κ3) is 4.57. The van der Waals surface area contributed by atoms with Gasteiger partial charge in [-0.2, -0.15) is 0 Å². The Morgan fingerprint density at radius 1 is 1.21 bits per heavy atom. The van der Waals surface area contributed by atoms with Gasteiger partial charge >= 0.3 is 0 Å². The standard InChI is InChI=1S/C22H21BrN4OS/c1-2-16-4-9-19-20(14-16)29-22(25-19)27(12-3-11-26-13-10-24-15-26)21(28)17-5-7-18(23)8-6-17/h4-10,13-15H,2-3,11-12H2,1H3. The first-order chi connectivity index (χ1) is 14.1. The van der Waals surface area contributed by atoms with Gasteiger partial charge in [0.15, 0.2) is 5.13 Å². The van der Waals surface area contributed by atoms with Crippen molar-refractivity contribution in [3.05, 3.63) is 76.8 Å². The van der Waals surface area contributed by atoms with E-state index in [1.807, 2.05) is 41.1 Å². The molecule has 0 bridgehead atoms. The number of aryl methyl sites for hydroxylation is 2. The van der Waals surface area contributed by atoms with Crippen LogP contribution in [-0.2, 0) is 13.0 Å². The number of nitrogens with zero attached hydrogens (tertiary/aromatic N) is 4. The molecule has 0 atom stereocenters. The molecule has 0 saturated carbocycles. The van der Waals surface area contributed by atoms with Crippen LogP contribution in [0.2, 0.25) is 0 Å². The van der Waals surface area contributed by atoms with Crippen molar-refractivity contribution in [3.8, 4) is 0 Å². The summed E-state index contributed by atoms with van der Waals surface area (Å²) in [5.74, 6) is -0.0297. The highest BCUT2D eigenvalue weighted by atomic mass is 79.9. The van der Waals surface area contributed by atoms with Crippen LogP contribution in [0.3, 0.4) is 0 Å². The minimum atomic E-state index is -0.0297. The van der Waals surface area contributed by atoms with Crippen LogP contribution in [0.25, 0.3) is 10.2 Å². The zero-order valence-electron chi connectivity index (χ0n) is 16.1. The van der Waals surface area contributed by atoms with Gasteiger partial charge in [0.1, 0.15) is 0 Å². The quantitative estimate of drug-likeness (QED) is 0.356. The minimum absolute atomic E-state index is 0.0297. The molecule has 4 rings (SSSR count). The number of carbonyl (C=O) groups is 1. The lowest BCUT2D eigenvalue weighted by atomic mass is 10.2. The van der Waals surface area contributed by atoms with E-state index in [1.165, 1.54) is 5.56 Å². The Hall–Kier alpha value is -2.51. The van der Waals surface area contributed by atoms with Crippen LogP contribution in [-0.4, -0.2) is 27.0 Å². The van der Waals surface area contributed by atoms with Gasteiger partial charge < -0.3 is 4.57 Å². The molecule has 0 saturated heterocycles. The predicted octanol–water partition coefficient (Wildman–Crippen LogP) is 5.55. The van der Waals surface area contributed by atoms with Crippen molar-refractivity contribution in [1.29, 1.82) is 0 Å². The maximum atomic E-state index is 13.3. The Kier molecular flexibility index (Phi) is 6.06. The molecular formula is C22H21BrN4OS. The molecule has 2 aromatic heterocycles. The Bertz CT molecular complexity index is 1110. The Morgan fingerprint density at radius 2 is 2.03 bits per heavy atom. The van der Waals surface area contributed by atoms with Crippen molar-refractivity contribution in [2.24, 2.45) is 0 Å². The van der Waals surface area contributed by atoms with Crippen LogP contribution < -0.4 is 4.90 Å². The van der Waals surface area contributed by atoms with Gasteiger partial charge in [-0.15, -0.1) is 0 Å². The summed E-state index contributed by atoms with van der Waals surface area (Å²) in [4.78, 5) is 24.0. The maximum Gasteiger partial charge on any atom is 0.260 e. The maximum absolute atomic E-state index is 13.3. The number of aromatic nitrogens is 3. The number of halogens is 1. The van der Waals surface area contributed by atoms with Crippen LogP contribution in [0, 0.1) is 0 Å². The van der Waals surface area contributed by atoms with Gasteiger partial charge in [0.05, 0.1) is 16.5 Å². The average Bonchev–Trinajstić information content (AvgIpc) is 3.40. The lowest BCUT2D eigenvalue weighted by molar-refractivity contribution is 0.0986. The number of fused-ring (bicyclic) bond motifs is 1. The van der Waals surface area contributed by atoms with Crippen LogP contribution in [0.1, 0.15) is 29.3 Å². The van der Waals surface area contributed by atoms with Crippen molar-refractivity contribution in [1.82, 2.24) is 14.5 Å². The number of amides is 1. The molecule has 0 unspecified atom stereocenters. The summed E-state index contributed by atoms with van der Waals surface area (Å²) >= 11 is 5.01. The van der Waals surface area contributed by atoms with Crippen molar-refractivity contribution in [2.75, 3.05) is 11.4 Å². The first kappa shape index (κ1) is 19.8. The second kappa shape index (κ2) is 8.88. The van der Waals surface area contributed by atoms with Gasteiger partial charge in [-0.3, -0.25) is 9.69 Å². The number of anilines is 1. The Morgan fingerprint density at radius 3 is 2.76 bits per heavy atom. The third-order valence-corrected chi connectivity index (χ3v) is 6.34. The number of rotatable bonds is 7. The fraction of sp³-hybridized carbons (Fsp3) is 0.227. The smallest absolute Gasteiger partial charge is 0.260 e. The molecule has 0 fully saturated rings. The summed E-state index contributed by atoms with van der Waals surface area (Å²) in [5, 5.41) is 0.742. The fourth-order valence-electron chi connectivity index (χ4n) is 3.15. The van der Waals surface area contributed by atoms with Gasteiger partial charge in [0.25, 0.3) is 5.91 Å².